The summed E-state index contributed by atoms with van der Waals surface area (Å²) in [5.41, 5.74) is 1.82. The summed E-state index contributed by atoms with van der Waals surface area (Å²) in [7, 11) is 4.00. The van der Waals surface area contributed by atoms with Gasteiger partial charge in [-0.05, 0) is 39.2 Å². The Kier molecular flexibility index (Phi) is 4.55. The van der Waals surface area contributed by atoms with Crippen molar-refractivity contribution in [1.82, 2.24) is 10.2 Å². The molecule has 0 unspecified atom stereocenters. The maximum absolute atomic E-state index is 13.9. The van der Waals surface area contributed by atoms with Gasteiger partial charge in [0.15, 0.2) is 0 Å². The molecule has 0 bridgehead atoms. The lowest BCUT2D eigenvalue weighted by Crippen LogP contribution is -2.30. The van der Waals surface area contributed by atoms with Crippen LogP contribution >= 0.6 is 0 Å². The first-order valence-corrected chi connectivity index (χ1v) is 6.58. The highest BCUT2D eigenvalue weighted by atomic mass is 19.1. The van der Waals surface area contributed by atoms with E-state index < -0.39 is 0 Å². The van der Waals surface area contributed by atoms with Gasteiger partial charge in [0.25, 0.3) is 0 Å². The second kappa shape index (κ2) is 6.16. The van der Waals surface area contributed by atoms with Crippen LogP contribution in [0.2, 0.25) is 0 Å². The Hall–Kier alpha value is -1.13. The smallest absolute Gasteiger partial charge is 0.129 e. The predicted molar refractivity (Wildman–Crippen MR) is 73.5 cm³/mol. The van der Waals surface area contributed by atoms with E-state index in [9.17, 15) is 4.39 Å². The van der Waals surface area contributed by atoms with E-state index in [4.69, 9.17) is 0 Å². The van der Waals surface area contributed by atoms with Crippen molar-refractivity contribution in [2.24, 2.45) is 0 Å². The fourth-order valence-corrected chi connectivity index (χ4v) is 2.48. The van der Waals surface area contributed by atoms with Crippen molar-refractivity contribution < 1.29 is 4.39 Å². The molecule has 0 saturated carbocycles. The van der Waals surface area contributed by atoms with Crippen LogP contribution in [-0.2, 0) is 6.54 Å². The van der Waals surface area contributed by atoms with Gasteiger partial charge in [-0.1, -0.05) is 6.07 Å². The fraction of sp³-hybridized carbons (Fsp3) is 0.571. The quantitative estimate of drug-likeness (QED) is 0.882. The molecule has 1 aromatic carbocycles. The summed E-state index contributed by atoms with van der Waals surface area (Å²) in [5, 5.41) is 3.05. The average Bonchev–Trinajstić information content (AvgIpc) is 2.57. The Labute approximate surface area is 109 Å². The van der Waals surface area contributed by atoms with Gasteiger partial charge in [0.05, 0.1) is 0 Å². The maximum atomic E-state index is 13.9. The van der Waals surface area contributed by atoms with Crippen molar-refractivity contribution in [1.29, 1.82) is 0 Å². The largest absolute Gasteiger partial charge is 0.370 e. The molecule has 0 atom stereocenters. The number of halogens is 1. The molecule has 0 aliphatic carbocycles. The highest BCUT2D eigenvalue weighted by Gasteiger charge is 2.17. The highest BCUT2D eigenvalue weighted by Crippen LogP contribution is 2.24. The molecule has 1 aliphatic heterocycles. The zero-order chi connectivity index (χ0) is 13.0. The first kappa shape index (κ1) is 13.3. The molecule has 1 aliphatic rings. The molecular weight excluding hydrogens is 229 g/mol. The van der Waals surface area contributed by atoms with E-state index in [0.29, 0.717) is 6.54 Å². The zero-order valence-corrected chi connectivity index (χ0v) is 11.2. The van der Waals surface area contributed by atoms with Gasteiger partial charge in [0.2, 0.25) is 0 Å². The zero-order valence-electron chi connectivity index (χ0n) is 11.2. The third-order valence-corrected chi connectivity index (χ3v) is 3.51. The standard InChI is InChI=1S/C14H22FN3/c1-16-11-12-13(15)5-3-6-14(12)18-8-4-7-17(2)9-10-18/h3,5-6,16H,4,7-11H2,1-2H3. The highest BCUT2D eigenvalue weighted by molar-refractivity contribution is 5.54. The van der Waals surface area contributed by atoms with E-state index in [0.717, 1.165) is 43.9 Å². The molecule has 18 heavy (non-hydrogen) atoms. The molecule has 2 rings (SSSR count). The summed E-state index contributed by atoms with van der Waals surface area (Å²) in [5.74, 6) is -0.112. The lowest BCUT2D eigenvalue weighted by atomic mass is 10.1. The molecule has 1 heterocycles. The summed E-state index contributed by atoms with van der Waals surface area (Å²) in [4.78, 5) is 4.64. The average molecular weight is 251 g/mol. The number of nitrogens with zero attached hydrogens (tertiary/aromatic N) is 2. The van der Waals surface area contributed by atoms with Crippen molar-refractivity contribution in [3.05, 3.63) is 29.6 Å². The number of hydrogen-bond donors (Lipinski definition) is 1. The second-order valence-electron chi connectivity index (χ2n) is 4.91. The normalized spacial score (nSPS) is 17.8. The van der Waals surface area contributed by atoms with Gasteiger partial charge in [-0.2, -0.15) is 0 Å². The molecule has 1 fully saturated rings. The van der Waals surface area contributed by atoms with E-state index in [2.05, 4.69) is 22.2 Å². The summed E-state index contributed by atoms with van der Waals surface area (Å²) in [6.45, 7) is 4.71. The Morgan fingerprint density at radius 3 is 2.83 bits per heavy atom. The van der Waals surface area contributed by atoms with Crippen LogP contribution in [0, 0.1) is 5.82 Å². The van der Waals surface area contributed by atoms with Gasteiger partial charge >= 0.3 is 0 Å². The first-order valence-electron chi connectivity index (χ1n) is 6.58. The number of nitrogens with one attached hydrogen (secondary N) is 1. The SMILES string of the molecule is CNCc1c(F)cccc1N1CCCN(C)CC1. The number of benzene rings is 1. The van der Waals surface area contributed by atoms with Crippen LogP contribution in [0.5, 0.6) is 0 Å². The second-order valence-corrected chi connectivity index (χ2v) is 4.91. The summed E-state index contributed by atoms with van der Waals surface area (Å²) in [6, 6.07) is 5.37. The molecule has 0 amide bonds. The minimum atomic E-state index is -0.112. The van der Waals surface area contributed by atoms with Crippen LogP contribution in [0.3, 0.4) is 0 Å². The summed E-state index contributed by atoms with van der Waals surface area (Å²) >= 11 is 0. The van der Waals surface area contributed by atoms with Crippen LogP contribution in [0.15, 0.2) is 18.2 Å². The molecule has 0 spiro atoms. The van der Waals surface area contributed by atoms with Gasteiger partial charge in [0.1, 0.15) is 5.82 Å². The first-order chi connectivity index (χ1) is 8.72. The van der Waals surface area contributed by atoms with Gasteiger partial charge in [0, 0.05) is 37.4 Å². The van der Waals surface area contributed by atoms with Crippen LogP contribution in [0.4, 0.5) is 10.1 Å². The molecule has 0 radical (unpaired) electrons. The third-order valence-electron chi connectivity index (χ3n) is 3.51. The van der Waals surface area contributed by atoms with Gasteiger partial charge in [-0.15, -0.1) is 0 Å². The number of anilines is 1. The summed E-state index contributed by atoms with van der Waals surface area (Å²) in [6.07, 6.45) is 1.13. The van der Waals surface area contributed by atoms with Crippen LogP contribution in [0.1, 0.15) is 12.0 Å². The molecule has 1 N–H and O–H groups in total. The van der Waals surface area contributed by atoms with E-state index in [-0.39, 0.29) is 5.82 Å². The molecule has 3 nitrogen and oxygen atoms in total. The fourth-order valence-electron chi connectivity index (χ4n) is 2.48. The minimum absolute atomic E-state index is 0.112. The van der Waals surface area contributed by atoms with Crippen molar-refractivity contribution >= 4 is 5.69 Å². The van der Waals surface area contributed by atoms with Crippen LogP contribution in [-0.4, -0.2) is 45.2 Å². The van der Waals surface area contributed by atoms with Crippen LogP contribution in [0.25, 0.3) is 0 Å². The molecular formula is C14H22FN3. The van der Waals surface area contributed by atoms with Crippen molar-refractivity contribution in [3.63, 3.8) is 0 Å². The predicted octanol–water partition coefficient (Wildman–Crippen LogP) is 1.69. The van der Waals surface area contributed by atoms with E-state index in [1.165, 1.54) is 0 Å². The molecule has 4 heteroatoms. The number of likely N-dealkylation sites (N-methyl/N-ethyl adjacent to an activating group) is 1. The Bertz CT molecular complexity index is 395. The number of rotatable bonds is 3. The Morgan fingerprint density at radius 2 is 2.06 bits per heavy atom. The van der Waals surface area contributed by atoms with Gasteiger partial charge < -0.3 is 15.1 Å². The lowest BCUT2D eigenvalue weighted by molar-refractivity contribution is 0.360. The van der Waals surface area contributed by atoms with Crippen molar-refractivity contribution in [2.75, 3.05) is 45.2 Å². The number of hydrogen-bond acceptors (Lipinski definition) is 3. The lowest BCUT2D eigenvalue weighted by Gasteiger charge is -2.25. The van der Waals surface area contributed by atoms with Crippen LogP contribution < -0.4 is 10.2 Å². The Morgan fingerprint density at radius 1 is 1.22 bits per heavy atom. The van der Waals surface area contributed by atoms with Gasteiger partial charge in [-0.3, -0.25) is 0 Å². The molecule has 1 saturated heterocycles. The van der Waals surface area contributed by atoms with E-state index in [1.54, 1.807) is 12.1 Å². The van der Waals surface area contributed by atoms with E-state index >= 15 is 0 Å². The topological polar surface area (TPSA) is 18.5 Å². The van der Waals surface area contributed by atoms with Crippen molar-refractivity contribution in [3.8, 4) is 0 Å². The minimum Gasteiger partial charge on any atom is -0.370 e. The third kappa shape index (κ3) is 3.00. The van der Waals surface area contributed by atoms with Crippen molar-refractivity contribution in [2.45, 2.75) is 13.0 Å². The van der Waals surface area contributed by atoms with Gasteiger partial charge in [-0.25, -0.2) is 4.39 Å². The summed E-state index contributed by atoms with van der Waals surface area (Å²) < 4.78 is 13.9. The molecule has 0 aromatic heterocycles. The maximum Gasteiger partial charge on any atom is 0.129 e. The Balaban J connectivity index is 2.23. The van der Waals surface area contributed by atoms with E-state index in [1.807, 2.05) is 13.1 Å². The molecule has 1 aromatic rings. The molecule has 100 valence electrons. The monoisotopic (exact) mass is 251 g/mol.